The van der Waals surface area contributed by atoms with Gasteiger partial charge in [-0.05, 0) is 51.0 Å². The monoisotopic (exact) mass is 372 g/mol. The maximum atomic E-state index is 11.5. The van der Waals surface area contributed by atoms with Crippen LogP contribution in [-0.4, -0.2) is 40.2 Å². The lowest BCUT2D eigenvalue weighted by Crippen LogP contribution is -2.46. The molecular weight excluding hydrogens is 348 g/mol. The van der Waals surface area contributed by atoms with E-state index in [0.717, 1.165) is 11.1 Å². The molecule has 9 heteroatoms. The van der Waals surface area contributed by atoms with Crippen LogP contribution >= 0.6 is 0 Å². The van der Waals surface area contributed by atoms with Gasteiger partial charge in [-0.1, -0.05) is 6.07 Å². The van der Waals surface area contributed by atoms with Gasteiger partial charge in [0.25, 0.3) is 0 Å². The third-order valence-electron chi connectivity index (χ3n) is 4.55. The number of nitrogens with two attached hydrogens (primary N) is 1. The van der Waals surface area contributed by atoms with Crippen molar-refractivity contribution >= 4 is 29.0 Å². The molecule has 9 nitrogen and oxygen atoms in total. The minimum Gasteiger partial charge on any atom is -0.378 e. The zero-order chi connectivity index (χ0) is 19.7. The lowest BCUT2D eigenvalue weighted by molar-refractivity contribution is -0.383. The Morgan fingerprint density at radius 3 is 2.48 bits per heavy atom. The molecule has 0 radical (unpaired) electrons. The molecule has 3 rings (SSSR count). The van der Waals surface area contributed by atoms with Crippen molar-refractivity contribution in [3.63, 3.8) is 0 Å². The van der Waals surface area contributed by atoms with E-state index >= 15 is 0 Å². The molecule has 0 aliphatic carbocycles. The van der Waals surface area contributed by atoms with Crippen LogP contribution in [0.1, 0.15) is 25.0 Å². The van der Waals surface area contributed by atoms with Crippen molar-refractivity contribution in [2.24, 2.45) is 0 Å². The van der Waals surface area contributed by atoms with E-state index in [1.54, 1.807) is 0 Å². The van der Waals surface area contributed by atoms with E-state index in [0.29, 0.717) is 24.7 Å². The topological polar surface area (TPSA) is 119 Å². The number of nitro groups is 1. The molecular formula is C18H24N6O3. The van der Waals surface area contributed by atoms with Gasteiger partial charge in [-0.3, -0.25) is 10.1 Å². The van der Waals surface area contributed by atoms with Gasteiger partial charge in [-0.2, -0.15) is 9.97 Å². The molecule has 0 spiro atoms. The van der Waals surface area contributed by atoms with E-state index in [1.807, 2.05) is 50.8 Å². The molecule has 144 valence electrons. The highest BCUT2D eigenvalue weighted by Crippen LogP contribution is 2.33. The fourth-order valence-electron chi connectivity index (χ4n) is 3.17. The summed E-state index contributed by atoms with van der Waals surface area (Å²) in [5, 5.41) is 14.6. The SMILES string of the molecule is Cc1ccc(Nc2nc(N3CC(C)OC(C)C3)nc(N)c2[N+](=O)[O-])cc1C. The van der Waals surface area contributed by atoms with Gasteiger partial charge in [0, 0.05) is 18.8 Å². The Hall–Kier alpha value is -2.94. The zero-order valence-electron chi connectivity index (χ0n) is 15.9. The summed E-state index contributed by atoms with van der Waals surface area (Å²) in [7, 11) is 0. The first-order chi connectivity index (χ1) is 12.7. The Morgan fingerprint density at radius 1 is 1.22 bits per heavy atom. The summed E-state index contributed by atoms with van der Waals surface area (Å²) >= 11 is 0. The first kappa shape index (κ1) is 18.8. The molecule has 0 amide bonds. The second kappa shape index (κ2) is 7.36. The number of aryl methyl sites for hydroxylation is 2. The quantitative estimate of drug-likeness (QED) is 0.621. The van der Waals surface area contributed by atoms with Crippen LogP contribution in [0.5, 0.6) is 0 Å². The summed E-state index contributed by atoms with van der Waals surface area (Å²) in [5.74, 6) is 0.270. The molecule has 0 bridgehead atoms. The second-order valence-electron chi connectivity index (χ2n) is 6.95. The average Bonchev–Trinajstić information content (AvgIpc) is 2.56. The Morgan fingerprint density at radius 2 is 1.89 bits per heavy atom. The molecule has 1 aliphatic heterocycles. The third-order valence-corrected chi connectivity index (χ3v) is 4.55. The number of nitrogens with one attached hydrogen (secondary N) is 1. The fraction of sp³-hybridized carbons (Fsp3) is 0.444. The number of nitrogens with zero attached hydrogens (tertiary/aromatic N) is 4. The first-order valence-electron chi connectivity index (χ1n) is 8.81. The van der Waals surface area contributed by atoms with Gasteiger partial charge in [0.2, 0.25) is 17.6 Å². The number of rotatable bonds is 4. The predicted octanol–water partition coefficient (Wildman–Crippen LogP) is 2.94. The number of ether oxygens (including phenoxy) is 1. The fourth-order valence-corrected chi connectivity index (χ4v) is 3.17. The Balaban J connectivity index is 2.01. The Bertz CT molecular complexity index is 862. The van der Waals surface area contributed by atoms with Gasteiger partial charge in [0.05, 0.1) is 17.1 Å². The smallest absolute Gasteiger partial charge is 0.353 e. The number of hydrogen-bond donors (Lipinski definition) is 2. The summed E-state index contributed by atoms with van der Waals surface area (Å²) in [6, 6.07) is 5.71. The molecule has 2 unspecified atom stereocenters. The molecule has 2 aromatic rings. The minimum absolute atomic E-state index is 0.00456. The molecule has 1 aromatic heterocycles. The van der Waals surface area contributed by atoms with E-state index in [-0.39, 0.29) is 29.5 Å². The number of nitrogen functional groups attached to an aromatic ring is 1. The van der Waals surface area contributed by atoms with Crippen molar-refractivity contribution in [3.05, 3.63) is 39.4 Å². The van der Waals surface area contributed by atoms with Crippen LogP contribution in [0, 0.1) is 24.0 Å². The summed E-state index contributed by atoms with van der Waals surface area (Å²) in [5.41, 5.74) is 8.50. The van der Waals surface area contributed by atoms with Gasteiger partial charge in [0.15, 0.2) is 0 Å². The summed E-state index contributed by atoms with van der Waals surface area (Å²) < 4.78 is 5.73. The van der Waals surface area contributed by atoms with Crippen molar-refractivity contribution in [3.8, 4) is 0 Å². The van der Waals surface area contributed by atoms with Crippen LogP contribution in [0.3, 0.4) is 0 Å². The molecule has 3 N–H and O–H groups in total. The van der Waals surface area contributed by atoms with E-state index < -0.39 is 4.92 Å². The van der Waals surface area contributed by atoms with Crippen molar-refractivity contribution in [2.45, 2.75) is 39.9 Å². The van der Waals surface area contributed by atoms with Crippen molar-refractivity contribution in [2.75, 3.05) is 29.0 Å². The molecule has 2 atom stereocenters. The van der Waals surface area contributed by atoms with Crippen LogP contribution in [0.15, 0.2) is 18.2 Å². The van der Waals surface area contributed by atoms with Crippen molar-refractivity contribution in [1.82, 2.24) is 9.97 Å². The summed E-state index contributed by atoms with van der Waals surface area (Å²) in [6.45, 7) is 9.08. The summed E-state index contributed by atoms with van der Waals surface area (Å²) in [6.07, 6.45) is 0.00912. The van der Waals surface area contributed by atoms with Crippen LogP contribution in [0.25, 0.3) is 0 Å². The second-order valence-corrected chi connectivity index (χ2v) is 6.95. The molecule has 1 aromatic carbocycles. The first-order valence-corrected chi connectivity index (χ1v) is 8.81. The largest absolute Gasteiger partial charge is 0.378 e. The number of hydrogen-bond acceptors (Lipinski definition) is 8. The van der Waals surface area contributed by atoms with Crippen molar-refractivity contribution < 1.29 is 9.66 Å². The lowest BCUT2D eigenvalue weighted by atomic mass is 10.1. The standard InChI is InChI=1S/C18H24N6O3/c1-10-5-6-14(7-11(10)2)20-17-15(24(25)26)16(19)21-18(22-17)23-8-12(3)27-13(4)9-23/h5-7,12-13H,8-9H2,1-4H3,(H3,19,20,21,22). The number of morpholine rings is 1. The van der Waals surface area contributed by atoms with Gasteiger partial charge in [0.1, 0.15) is 0 Å². The van der Waals surface area contributed by atoms with Crippen LogP contribution in [-0.2, 0) is 4.74 Å². The highest BCUT2D eigenvalue weighted by atomic mass is 16.6. The normalized spacial score (nSPS) is 19.8. The molecule has 1 fully saturated rings. The number of benzene rings is 1. The van der Waals surface area contributed by atoms with Gasteiger partial charge < -0.3 is 20.7 Å². The van der Waals surface area contributed by atoms with E-state index in [1.165, 1.54) is 0 Å². The van der Waals surface area contributed by atoms with E-state index in [4.69, 9.17) is 10.5 Å². The zero-order valence-corrected chi connectivity index (χ0v) is 15.9. The number of aromatic nitrogens is 2. The highest BCUT2D eigenvalue weighted by Gasteiger charge is 2.29. The lowest BCUT2D eigenvalue weighted by Gasteiger charge is -2.35. The van der Waals surface area contributed by atoms with Gasteiger partial charge in [-0.25, -0.2) is 0 Å². The molecule has 0 saturated carbocycles. The van der Waals surface area contributed by atoms with Gasteiger partial charge in [-0.15, -0.1) is 0 Å². The highest BCUT2D eigenvalue weighted by molar-refractivity contribution is 5.74. The molecule has 27 heavy (non-hydrogen) atoms. The average molecular weight is 372 g/mol. The third kappa shape index (κ3) is 4.08. The molecule has 1 saturated heterocycles. The van der Waals surface area contributed by atoms with E-state index in [9.17, 15) is 10.1 Å². The number of anilines is 4. The maximum Gasteiger partial charge on any atom is 0.353 e. The maximum absolute atomic E-state index is 11.5. The molecule has 2 heterocycles. The van der Waals surface area contributed by atoms with Crippen LogP contribution in [0.2, 0.25) is 0 Å². The Kier molecular flexibility index (Phi) is 5.13. The minimum atomic E-state index is -0.562. The van der Waals surface area contributed by atoms with Crippen molar-refractivity contribution in [1.29, 1.82) is 0 Å². The van der Waals surface area contributed by atoms with Crippen LogP contribution in [0.4, 0.5) is 29.0 Å². The molecule has 1 aliphatic rings. The summed E-state index contributed by atoms with van der Waals surface area (Å²) in [4.78, 5) is 21.5. The van der Waals surface area contributed by atoms with E-state index in [2.05, 4.69) is 15.3 Å². The Labute approximate surface area is 157 Å². The van der Waals surface area contributed by atoms with Crippen LogP contribution < -0.4 is 16.0 Å². The predicted molar refractivity (Wildman–Crippen MR) is 105 cm³/mol. The van der Waals surface area contributed by atoms with Gasteiger partial charge >= 0.3 is 5.69 Å².